The molecule has 150 valence electrons. The molecule has 8 nitrogen and oxygen atoms in total. The number of hydrogen-bond acceptors (Lipinski definition) is 5. The molecule has 0 spiro atoms. The normalized spacial score (nSPS) is 11.6. The van der Waals surface area contributed by atoms with Gasteiger partial charge in [0, 0.05) is 24.8 Å². The molecule has 0 saturated carbocycles. The van der Waals surface area contributed by atoms with Crippen LogP contribution >= 0.6 is 0 Å². The number of aryl methyl sites for hydroxylation is 1. The zero-order valence-corrected chi connectivity index (χ0v) is 16.0. The summed E-state index contributed by atoms with van der Waals surface area (Å²) in [7, 11) is 0. The molecule has 0 saturated heterocycles. The standard InChI is InChI=1S/C21H22N4O4/c1-15(21(27)28)29-19-8-3-6-17(14-19)16-5-2-7-18(13-16)20(26)22-9-4-11-25-12-10-23-24-25/h2-3,5-8,10,12-15H,4,9,11H2,1H3,(H,22,26)(H,27,28). The maximum atomic E-state index is 12.4. The Hall–Kier alpha value is -3.68. The van der Waals surface area contributed by atoms with Crippen molar-refractivity contribution in [3.8, 4) is 16.9 Å². The molecular formula is C21H22N4O4. The van der Waals surface area contributed by atoms with E-state index in [1.165, 1.54) is 6.92 Å². The maximum absolute atomic E-state index is 12.4. The molecule has 29 heavy (non-hydrogen) atoms. The molecule has 1 atom stereocenters. The number of nitrogens with zero attached hydrogens (tertiary/aromatic N) is 3. The lowest BCUT2D eigenvalue weighted by Gasteiger charge is -2.12. The second kappa shape index (κ2) is 9.50. The average molecular weight is 394 g/mol. The predicted molar refractivity (Wildman–Crippen MR) is 107 cm³/mol. The highest BCUT2D eigenvalue weighted by Crippen LogP contribution is 2.25. The van der Waals surface area contributed by atoms with Gasteiger partial charge in [0.1, 0.15) is 5.75 Å². The largest absolute Gasteiger partial charge is 0.479 e. The fourth-order valence-corrected chi connectivity index (χ4v) is 2.74. The van der Waals surface area contributed by atoms with E-state index in [0.717, 1.165) is 17.5 Å². The number of carboxylic acids is 1. The summed E-state index contributed by atoms with van der Waals surface area (Å²) in [4.78, 5) is 23.4. The molecule has 0 aliphatic carbocycles. The van der Waals surface area contributed by atoms with Crippen LogP contribution in [0.5, 0.6) is 5.75 Å². The third-order valence-electron chi connectivity index (χ3n) is 4.27. The van der Waals surface area contributed by atoms with E-state index in [2.05, 4.69) is 15.6 Å². The molecule has 0 aliphatic heterocycles. The van der Waals surface area contributed by atoms with Crippen LogP contribution in [0.15, 0.2) is 60.9 Å². The Morgan fingerprint density at radius 1 is 1.17 bits per heavy atom. The van der Waals surface area contributed by atoms with Crippen LogP contribution in [0.1, 0.15) is 23.7 Å². The second-order valence-electron chi connectivity index (χ2n) is 6.48. The molecule has 1 heterocycles. The Labute approximate surface area is 168 Å². The van der Waals surface area contributed by atoms with E-state index in [-0.39, 0.29) is 5.91 Å². The van der Waals surface area contributed by atoms with Gasteiger partial charge < -0.3 is 15.2 Å². The SMILES string of the molecule is CC(Oc1cccc(-c2cccc(C(=O)NCCCn3ccnn3)c2)c1)C(=O)O. The first-order valence-electron chi connectivity index (χ1n) is 9.25. The quantitative estimate of drug-likeness (QED) is 0.541. The molecule has 8 heteroatoms. The first-order valence-corrected chi connectivity index (χ1v) is 9.25. The molecule has 1 unspecified atom stereocenters. The minimum Gasteiger partial charge on any atom is -0.479 e. The highest BCUT2D eigenvalue weighted by Gasteiger charge is 2.13. The van der Waals surface area contributed by atoms with E-state index in [0.29, 0.717) is 24.4 Å². The molecule has 1 amide bonds. The van der Waals surface area contributed by atoms with Crippen LogP contribution in [0.2, 0.25) is 0 Å². The van der Waals surface area contributed by atoms with Crippen molar-refractivity contribution in [2.75, 3.05) is 6.54 Å². The Morgan fingerprint density at radius 3 is 2.66 bits per heavy atom. The number of carboxylic acid groups (broad SMARTS) is 1. The lowest BCUT2D eigenvalue weighted by Crippen LogP contribution is -2.25. The van der Waals surface area contributed by atoms with Crippen LogP contribution in [-0.2, 0) is 11.3 Å². The van der Waals surface area contributed by atoms with Crippen molar-refractivity contribution in [3.63, 3.8) is 0 Å². The Morgan fingerprint density at radius 2 is 1.93 bits per heavy atom. The second-order valence-corrected chi connectivity index (χ2v) is 6.48. The van der Waals surface area contributed by atoms with Gasteiger partial charge in [-0.2, -0.15) is 0 Å². The van der Waals surface area contributed by atoms with Crippen LogP contribution in [0.3, 0.4) is 0 Å². The Kier molecular flexibility index (Phi) is 6.57. The maximum Gasteiger partial charge on any atom is 0.344 e. The zero-order valence-electron chi connectivity index (χ0n) is 16.0. The molecule has 0 fully saturated rings. The van der Waals surface area contributed by atoms with Gasteiger partial charge in [0.15, 0.2) is 6.10 Å². The topological polar surface area (TPSA) is 106 Å². The van der Waals surface area contributed by atoms with Gasteiger partial charge in [-0.3, -0.25) is 9.48 Å². The smallest absolute Gasteiger partial charge is 0.344 e. The van der Waals surface area contributed by atoms with Gasteiger partial charge in [-0.1, -0.05) is 29.5 Å². The summed E-state index contributed by atoms with van der Waals surface area (Å²) in [6, 6.07) is 14.4. The van der Waals surface area contributed by atoms with Gasteiger partial charge in [-0.25, -0.2) is 4.79 Å². The number of nitrogens with one attached hydrogen (secondary N) is 1. The summed E-state index contributed by atoms with van der Waals surface area (Å²) in [5.41, 5.74) is 2.23. The van der Waals surface area contributed by atoms with Crippen LogP contribution in [0.25, 0.3) is 11.1 Å². The van der Waals surface area contributed by atoms with Gasteiger partial charge in [0.2, 0.25) is 0 Å². The van der Waals surface area contributed by atoms with Crippen LogP contribution in [0.4, 0.5) is 0 Å². The van der Waals surface area contributed by atoms with Gasteiger partial charge in [0.05, 0.1) is 6.20 Å². The highest BCUT2D eigenvalue weighted by molar-refractivity contribution is 5.95. The van der Waals surface area contributed by atoms with Gasteiger partial charge in [-0.15, -0.1) is 5.10 Å². The van der Waals surface area contributed by atoms with E-state index in [1.54, 1.807) is 47.4 Å². The van der Waals surface area contributed by atoms with Crippen LogP contribution in [0, 0.1) is 0 Å². The van der Waals surface area contributed by atoms with Crippen molar-refractivity contribution in [3.05, 3.63) is 66.5 Å². The van der Waals surface area contributed by atoms with Gasteiger partial charge in [-0.05, 0) is 48.7 Å². The Bertz CT molecular complexity index is 972. The molecule has 2 N–H and O–H groups in total. The van der Waals surface area contributed by atoms with Gasteiger partial charge >= 0.3 is 5.97 Å². The van der Waals surface area contributed by atoms with Gasteiger partial charge in [0.25, 0.3) is 5.91 Å². The number of benzene rings is 2. The van der Waals surface area contributed by atoms with Crippen LogP contribution < -0.4 is 10.1 Å². The molecule has 0 radical (unpaired) electrons. The third-order valence-corrected chi connectivity index (χ3v) is 4.27. The summed E-state index contributed by atoms with van der Waals surface area (Å²) in [5, 5.41) is 19.5. The van der Waals surface area contributed by atoms with E-state index < -0.39 is 12.1 Å². The molecule has 2 aromatic carbocycles. The monoisotopic (exact) mass is 394 g/mol. The third kappa shape index (κ3) is 5.65. The van der Waals surface area contributed by atoms with Crippen LogP contribution in [-0.4, -0.2) is 44.6 Å². The fourth-order valence-electron chi connectivity index (χ4n) is 2.74. The molecule has 0 aliphatic rings. The molecule has 3 rings (SSSR count). The zero-order chi connectivity index (χ0) is 20.6. The Balaban J connectivity index is 1.62. The number of carbonyl (C=O) groups excluding carboxylic acids is 1. The minimum absolute atomic E-state index is 0.155. The average Bonchev–Trinajstić information content (AvgIpc) is 3.25. The highest BCUT2D eigenvalue weighted by atomic mass is 16.5. The summed E-state index contributed by atoms with van der Waals surface area (Å²) in [6.07, 6.45) is 3.20. The molecule has 0 bridgehead atoms. The van der Waals surface area contributed by atoms with Crippen molar-refractivity contribution in [2.45, 2.75) is 26.0 Å². The lowest BCUT2D eigenvalue weighted by molar-refractivity contribution is -0.144. The number of ether oxygens (including phenoxy) is 1. The molecular weight excluding hydrogens is 372 g/mol. The molecule has 1 aromatic heterocycles. The summed E-state index contributed by atoms with van der Waals surface area (Å²) >= 11 is 0. The lowest BCUT2D eigenvalue weighted by atomic mass is 10.0. The number of aromatic nitrogens is 3. The van der Waals surface area contributed by atoms with E-state index in [9.17, 15) is 9.59 Å². The van der Waals surface area contributed by atoms with E-state index in [4.69, 9.17) is 9.84 Å². The summed E-state index contributed by atoms with van der Waals surface area (Å²) in [5.74, 6) is -0.726. The molecule has 3 aromatic rings. The van der Waals surface area contributed by atoms with Crippen molar-refractivity contribution in [1.82, 2.24) is 20.3 Å². The van der Waals surface area contributed by atoms with Crippen molar-refractivity contribution in [2.24, 2.45) is 0 Å². The van der Waals surface area contributed by atoms with E-state index >= 15 is 0 Å². The van der Waals surface area contributed by atoms with Crippen molar-refractivity contribution in [1.29, 1.82) is 0 Å². The minimum atomic E-state index is -1.03. The number of rotatable bonds is 9. The van der Waals surface area contributed by atoms with Crippen molar-refractivity contribution >= 4 is 11.9 Å². The summed E-state index contributed by atoms with van der Waals surface area (Å²) in [6.45, 7) is 2.68. The number of amides is 1. The van der Waals surface area contributed by atoms with E-state index in [1.807, 2.05) is 18.2 Å². The number of hydrogen-bond donors (Lipinski definition) is 2. The number of aliphatic carboxylic acids is 1. The van der Waals surface area contributed by atoms with Crippen molar-refractivity contribution < 1.29 is 19.4 Å². The number of carbonyl (C=O) groups is 2. The summed E-state index contributed by atoms with van der Waals surface area (Å²) < 4.78 is 7.14. The fraction of sp³-hybridized carbons (Fsp3) is 0.238. The first-order chi connectivity index (χ1) is 14.0. The predicted octanol–water partition coefficient (Wildman–Crippen LogP) is 2.62. The first kappa shape index (κ1) is 20.1.